The molecule has 2 aromatic heterocycles. The van der Waals surface area contributed by atoms with Gasteiger partial charge in [-0.05, 0) is 81.3 Å². The molecule has 0 saturated carbocycles. The van der Waals surface area contributed by atoms with Crippen molar-refractivity contribution >= 4 is 16.8 Å². The van der Waals surface area contributed by atoms with Gasteiger partial charge in [0.15, 0.2) is 5.82 Å². The van der Waals surface area contributed by atoms with Gasteiger partial charge < -0.3 is 0 Å². The van der Waals surface area contributed by atoms with Gasteiger partial charge in [-0.3, -0.25) is 4.98 Å². The molecule has 7 aromatic rings. The van der Waals surface area contributed by atoms with E-state index in [1.165, 1.54) is 27.5 Å². The van der Waals surface area contributed by atoms with E-state index in [2.05, 4.69) is 145 Å². The van der Waals surface area contributed by atoms with Crippen LogP contribution in [0.15, 0.2) is 146 Å². The molecule has 0 fully saturated rings. The van der Waals surface area contributed by atoms with Crippen LogP contribution >= 0.6 is 0 Å². The van der Waals surface area contributed by atoms with Gasteiger partial charge in [0.2, 0.25) is 0 Å². The van der Waals surface area contributed by atoms with Crippen LogP contribution in [-0.4, -0.2) is 15.0 Å². The van der Waals surface area contributed by atoms with E-state index < -0.39 is 0 Å². The molecule has 214 valence electrons. The average Bonchev–Trinajstić information content (AvgIpc) is 3.12. The lowest BCUT2D eigenvalue weighted by Crippen LogP contribution is -2.03. The molecule has 0 spiro atoms. The first-order valence-electron chi connectivity index (χ1n) is 15.5. The van der Waals surface area contributed by atoms with Crippen molar-refractivity contribution < 1.29 is 0 Å². The fourth-order valence-electron chi connectivity index (χ4n) is 6.55. The molecule has 5 aromatic carbocycles. The zero-order chi connectivity index (χ0) is 30.2. The van der Waals surface area contributed by atoms with Crippen LogP contribution in [0.3, 0.4) is 0 Å². The van der Waals surface area contributed by atoms with Crippen molar-refractivity contribution in [1.29, 1.82) is 0 Å². The number of allylic oxidation sites excluding steroid dienone is 1. The van der Waals surface area contributed by atoms with Gasteiger partial charge in [-0.1, -0.05) is 116 Å². The van der Waals surface area contributed by atoms with Crippen molar-refractivity contribution in [2.45, 2.75) is 19.3 Å². The summed E-state index contributed by atoms with van der Waals surface area (Å²) in [7, 11) is 0. The molecule has 0 amide bonds. The molecule has 3 heteroatoms. The lowest BCUT2D eigenvalue weighted by atomic mass is 9.83. The summed E-state index contributed by atoms with van der Waals surface area (Å²) in [6, 6.07) is 44.9. The van der Waals surface area contributed by atoms with Crippen LogP contribution in [-0.2, 0) is 0 Å². The van der Waals surface area contributed by atoms with Gasteiger partial charge in [-0.15, -0.1) is 0 Å². The number of hydrogen-bond donors (Lipinski definition) is 0. The molecule has 1 aliphatic rings. The topological polar surface area (TPSA) is 38.7 Å². The summed E-state index contributed by atoms with van der Waals surface area (Å²) in [6.45, 7) is 2.32. The van der Waals surface area contributed by atoms with Crippen LogP contribution in [0.5, 0.6) is 0 Å². The van der Waals surface area contributed by atoms with Crippen molar-refractivity contribution in [3.63, 3.8) is 0 Å². The Bertz CT molecular complexity index is 2100. The quantitative estimate of drug-likeness (QED) is 0.204. The Balaban J connectivity index is 1.36. The summed E-state index contributed by atoms with van der Waals surface area (Å²) in [5.41, 5.74) is 12.1. The monoisotopic (exact) mass is 577 g/mol. The van der Waals surface area contributed by atoms with Gasteiger partial charge in [0, 0.05) is 34.6 Å². The first-order chi connectivity index (χ1) is 22.2. The Morgan fingerprint density at radius 2 is 1.18 bits per heavy atom. The predicted octanol–water partition coefficient (Wildman–Crippen LogP) is 10.9. The maximum Gasteiger partial charge on any atom is 0.161 e. The second-order valence-electron chi connectivity index (χ2n) is 11.7. The third kappa shape index (κ3) is 5.13. The summed E-state index contributed by atoms with van der Waals surface area (Å²) in [4.78, 5) is 14.9. The molecule has 1 unspecified atom stereocenters. The van der Waals surface area contributed by atoms with Crippen LogP contribution < -0.4 is 0 Å². The molecular formula is C42H31N3. The van der Waals surface area contributed by atoms with Gasteiger partial charge in [-0.2, -0.15) is 0 Å². The third-order valence-electron chi connectivity index (χ3n) is 8.78. The Morgan fingerprint density at radius 1 is 0.556 bits per heavy atom. The molecule has 0 saturated heterocycles. The van der Waals surface area contributed by atoms with E-state index in [1.807, 2.05) is 12.3 Å². The van der Waals surface area contributed by atoms with Gasteiger partial charge in [0.05, 0.1) is 11.4 Å². The van der Waals surface area contributed by atoms with Crippen molar-refractivity contribution in [3.05, 3.63) is 157 Å². The average molecular weight is 578 g/mol. The highest BCUT2D eigenvalue weighted by molar-refractivity contribution is 6.00. The molecule has 45 heavy (non-hydrogen) atoms. The summed E-state index contributed by atoms with van der Waals surface area (Å²) in [6.07, 6.45) is 9.30. The Hall–Kier alpha value is -5.67. The third-order valence-corrected chi connectivity index (χ3v) is 8.78. The molecule has 1 aliphatic carbocycles. The van der Waals surface area contributed by atoms with E-state index in [4.69, 9.17) is 9.97 Å². The zero-order valence-corrected chi connectivity index (χ0v) is 25.1. The van der Waals surface area contributed by atoms with E-state index in [9.17, 15) is 0 Å². The summed E-state index contributed by atoms with van der Waals surface area (Å²) < 4.78 is 0. The number of nitrogens with zero attached hydrogens (tertiary/aromatic N) is 3. The molecule has 8 rings (SSSR count). The first kappa shape index (κ1) is 26.9. The molecule has 0 radical (unpaired) electrons. The maximum atomic E-state index is 5.29. The van der Waals surface area contributed by atoms with Gasteiger partial charge in [0.1, 0.15) is 0 Å². The van der Waals surface area contributed by atoms with Crippen LogP contribution in [0.25, 0.3) is 73.0 Å². The molecular weight excluding hydrogens is 546 g/mol. The predicted molar refractivity (Wildman–Crippen MR) is 187 cm³/mol. The van der Waals surface area contributed by atoms with Crippen molar-refractivity contribution in [3.8, 4) is 56.2 Å². The Kier molecular flexibility index (Phi) is 6.84. The minimum absolute atomic E-state index is 0.461. The molecule has 0 aliphatic heterocycles. The molecule has 1 atom stereocenters. The highest BCUT2D eigenvalue weighted by atomic mass is 14.9. The first-order valence-corrected chi connectivity index (χ1v) is 15.5. The molecule has 0 bridgehead atoms. The fourth-order valence-corrected chi connectivity index (χ4v) is 6.55. The van der Waals surface area contributed by atoms with Crippen molar-refractivity contribution in [2.24, 2.45) is 0 Å². The van der Waals surface area contributed by atoms with Crippen LogP contribution in [0, 0.1) is 0 Å². The van der Waals surface area contributed by atoms with Crippen LogP contribution in [0.1, 0.15) is 30.4 Å². The normalized spacial score (nSPS) is 13.9. The number of benzene rings is 5. The number of fused-ring (bicyclic) bond motifs is 3. The van der Waals surface area contributed by atoms with Crippen LogP contribution in [0.4, 0.5) is 0 Å². The van der Waals surface area contributed by atoms with Gasteiger partial charge in [0.25, 0.3) is 0 Å². The number of pyridine rings is 1. The standard InChI is InChI=1S/C42H31N3/c1-28-11-7-18-34-25-38(36-20-5-6-21-37(36)41(28)34)42-44-39(32-16-8-14-30(23-32)29-12-3-2-4-13-29)26-40(45-42)33-17-9-15-31(24-33)35-19-10-22-43-27-35/h2-10,12-28H,11H2,1H3. The SMILES string of the molecule is CC1CC=Cc2cc(-c3nc(-c4cccc(-c5ccccc5)c4)cc(-c4cccc(-c5cccnc5)c4)n3)c3ccccc3c21. The van der Waals surface area contributed by atoms with E-state index in [0.717, 1.165) is 57.0 Å². The Morgan fingerprint density at radius 3 is 1.89 bits per heavy atom. The lowest BCUT2D eigenvalue weighted by molar-refractivity contribution is 0.779. The van der Waals surface area contributed by atoms with Crippen molar-refractivity contribution in [1.82, 2.24) is 15.0 Å². The van der Waals surface area contributed by atoms with E-state index in [0.29, 0.717) is 5.92 Å². The summed E-state index contributed by atoms with van der Waals surface area (Å²) in [5, 5.41) is 2.46. The van der Waals surface area contributed by atoms with E-state index >= 15 is 0 Å². The number of hydrogen-bond acceptors (Lipinski definition) is 3. The Labute approximate surface area is 263 Å². The highest BCUT2D eigenvalue weighted by Gasteiger charge is 2.21. The summed E-state index contributed by atoms with van der Waals surface area (Å²) in [5.74, 6) is 1.19. The minimum Gasteiger partial charge on any atom is -0.264 e. The van der Waals surface area contributed by atoms with E-state index in [1.54, 1.807) is 6.20 Å². The number of rotatable bonds is 5. The summed E-state index contributed by atoms with van der Waals surface area (Å²) >= 11 is 0. The number of aromatic nitrogens is 3. The van der Waals surface area contributed by atoms with E-state index in [-0.39, 0.29) is 0 Å². The molecule has 3 nitrogen and oxygen atoms in total. The maximum absolute atomic E-state index is 5.29. The molecule has 0 N–H and O–H groups in total. The molecule has 2 heterocycles. The smallest absolute Gasteiger partial charge is 0.161 e. The van der Waals surface area contributed by atoms with Crippen molar-refractivity contribution in [2.75, 3.05) is 0 Å². The van der Waals surface area contributed by atoms with Gasteiger partial charge in [-0.25, -0.2) is 9.97 Å². The lowest BCUT2D eigenvalue weighted by Gasteiger charge is -2.22. The minimum atomic E-state index is 0.461. The zero-order valence-electron chi connectivity index (χ0n) is 25.1. The fraction of sp³-hybridized carbons (Fsp3) is 0.0714. The second-order valence-corrected chi connectivity index (χ2v) is 11.7. The largest absolute Gasteiger partial charge is 0.264 e. The van der Waals surface area contributed by atoms with Crippen LogP contribution in [0.2, 0.25) is 0 Å². The highest BCUT2D eigenvalue weighted by Crippen LogP contribution is 2.41. The van der Waals surface area contributed by atoms with Gasteiger partial charge >= 0.3 is 0 Å². The second kappa shape index (κ2) is 11.4.